The molecular formula is C62H126S. The smallest absolute Gasteiger partial charge is 0.00979 e. The van der Waals surface area contributed by atoms with Crippen LogP contribution in [0.5, 0.6) is 0 Å². The molecule has 0 spiro atoms. The highest BCUT2D eigenvalue weighted by atomic mass is 32.1. The lowest BCUT2D eigenvalue weighted by molar-refractivity contribution is 0.506. The van der Waals surface area contributed by atoms with Gasteiger partial charge in [-0.2, -0.15) is 12.6 Å². The van der Waals surface area contributed by atoms with Gasteiger partial charge in [0.25, 0.3) is 0 Å². The molecule has 0 rings (SSSR count). The maximum atomic E-state index is 4.31. The molecule has 0 aliphatic rings. The minimum absolute atomic E-state index is 1.07. The number of unbranched alkanes of at least 4 members (excludes halogenated alkanes) is 59. The summed E-state index contributed by atoms with van der Waals surface area (Å²) >= 11 is 4.31. The zero-order chi connectivity index (χ0) is 45.1. The first kappa shape index (κ1) is 63.4. The summed E-state index contributed by atoms with van der Waals surface area (Å²) in [4.78, 5) is 0. The molecule has 0 saturated heterocycles. The Labute approximate surface area is 408 Å². The summed E-state index contributed by atoms with van der Waals surface area (Å²) in [7, 11) is 0. The van der Waals surface area contributed by atoms with E-state index in [1.165, 1.54) is 385 Å². The molecule has 0 atom stereocenters. The van der Waals surface area contributed by atoms with E-state index in [0.29, 0.717) is 0 Å². The normalized spacial score (nSPS) is 11.7. The van der Waals surface area contributed by atoms with Gasteiger partial charge < -0.3 is 0 Å². The van der Waals surface area contributed by atoms with Gasteiger partial charge in [-0.25, -0.2) is 0 Å². The third-order valence-corrected chi connectivity index (χ3v) is 15.3. The van der Waals surface area contributed by atoms with Crippen LogP contribution in [0.3, 0.4) is 0 Å². The number of thiol groups is 1. The molecule has 0 unspecified atom stereocenters. The molecule has 0 nitrogen and oxygen atoms in total. The molecule has 0 saturated carbocycles. The number of hydrogen-bond acceptors (Lipinski definition) is 1. The lowest BCUT2D eigenvalue weighted by Crippen LogP contribution is -1.85. The van der Waals surface area contributed by atoms with Crippen molar-refractivity contribution in [3.63, 3.8) is 0 Å². The summed E-state index contributed by atoms with van der Waals surface area (Å²) in [6.45, 7) is 2.31. The Morgan fingerprint density at radius 1 is 0.127 bits per heavy atom. The monoisotopic (exact) mass is 903 g/mol. The van der Waals surface area contributed by atoms with Crippen molar-refractivity contribution in [1.82, 2.24) is 0 Å². The summed E-state index contributed by atoms with van der Waals surface area (Å²) in [6, 6.07) is 0. The van der Waals surface area contributed by atoms with E-state index in [4.69, 9.17) is 0 Å². The van der Waals surface area contributed by atoms with Crippen LogP contribution in [-0.2, 0) is 0 Å². The summed E-state index contributed by atoms with van der Waals surface area (Å²) in [5, 5.41) is 0. The maximum Gasteiger partial charge on any atom is -0.00979 e. The Kier molecular flexibility index (Phi) is 62.7. The van der Waals surface area contributed by atoms with E-state index < -0.39 is 0 Å². The molecule has 0 aliphatic heterocycles. The highest BCUT2D eigenvalue weighted by Gasteiger charge is 2.00. The third kappa shape index (κ3) is 62.4. The van der Waals surface area contributed by atoms with Crippen molar-refractivity contribution in [2.75, 3.05) is 5.75 Å². The molecule has 0 aromatic heterocycles. The van der Waals surface area contributed by atoms with Crippen LogP contribution in [0.4, 0.5) is 0 Å². The van der Waals surface area contributed by atoms with Crippen LogP contribution in [-0.4, -0.2) is 5.75 Å². The van der Waals surface area contributed by atoms with Gasteiger partial charge in [0.1, 0.15) is 0 Å². The minimum Gasteiger partial charge on any atom is -0.179 e. The summed E-state index contributed by atoms with van der Waals surface area (Å²) in [6.07, 6.45) is 89.0. The Morgan fingerprint density at radius 2 is 0.206 bits per heavy atom. The van der Waals surface area contributed by atoms with E-state index in [9.17, 15) is 0 Å². The van der Waals surface area contributed by atoms with Crippen LogP contribution in [0.25, 0.3) is 0 Å². The zero-order valence-corrected chi connectivity index (χ0v) is 45.5. The summed E-state index contributed by atoms with van der Waals surface area (Å²) in [5.41, 5.74) is 0. The molecule has 0 bridgehead atoms. The van der Waals surface area contributed by atoms with Crippen molar-refractivity contribution in [2.45, 2.75) is 392 Å². The fraction of sp³-hybridized carbons (Fsp3) is 1.00. The second-order valence-corrected chi connectivity index (χ2v) is 22.0. The van der Waals surface area contributed by atoms with E-state index >= 15 is 0 Å². The fourth-order valence-electron chi connectivity index (χ4n) is 10.4. The largest absolute Gasteiger partial charge is 0.179 e. The van der Waals surface area contributed by atoms with Gasteiger partial charge in [-0.3, -0.25) is 0 Å². The number of hydrogen-bond donors (Lipinski definition) is 1. The average molecular weight is 904 g/mol. The van der Waals surface area contributed by atoms with Crippen LogP contribution in [0.15, 0.2) is 0 Å². The van der Waals surface area contributed by atoms with Crippen molar-refractivity contribution in [2.24, 2.45) is 0 Å². The van der Waals surface area contributed by atoms with Crippen molar-refractivity contribution >= 4 is 12.6 Å². The van der Waals surface area contributed by atoms with Gasteiger partial charge >= 0.3 is 0 Å². The molecule has 63 heavy (non-hydrogen) atoms. The van der Waals surface area contributed by atoms with Crippen molar-refractivity contribution in [3.05, 3.63) is 0 Å². The second kappa shape index (κ2) is 62.4. The molecule has 0 N–H and O–H groups in total. The Morgan fingerprint density at radius 3 is 0.286 bits per heavy atom. The minimum atomic E-state index is 1.07. The lowest BCUT2D eigenvalue weighted by Gasteiger charge is -2.05. The molecule has 380 valence electrons. The van der Waals surface area contributed by atoms with Crippen molar-refractivity contribution in [1.29, 1.82) is 0 Å². The second-order valence-electron chi connectivity index (χ2n) is 21.6. The van der Waals surface area contributed by atoms with Gasteiger partial charge in [0.15, 0.2) is 0 Å². The molecule has 0 heterocycles. The molecule has 0 aromatic carbocycles. The van der Waals surface area contributed by atoms with Crippen molar-refractivity contribution in [3.8, 4) is 0 Å². The SMILES string of the molecule is CCCCCCCCCCCCCCCCCCCCCCCCCCCCCCCCCCCCCCCCCCCCCCCCCCCCCCCCCCCCCCS. The van der Waals surface area contributed by atoms with E-state index in [2.05, 4.69) is 19.6 Å². The van der Waals surface area contributed by atoms with E-state index in [-0.39, 0.29) is 0 Å². The summed E-state index contributed by atoms with van der Waals surface area (Å²) < 4.78 is 0. The van der Waals surface area contributed by atoms with Gasteiger partial charge in [-0.1, -0.05) is 386 Å². The Balaban J connectivity index is 3.06. The quantitative estimate of drug-likeness (QED) is 0.0456. The summed E-state index contributed by atoms with van der Waals surface area (Å²) in [5.74, 6) is 1.07. The van der Waals surface area contributed by atoms with E-state index in [1.807, 2.05) is 0 Å². The molecular weight excluding hydrogens is 777 g/mol. The first-order valence-corrected chi connectivity index (χ1v) is 31.7. The molecule has 0 fully saturated rings. The van der Waals surface area contributed by atoms with E-state index in [1.54, 1.807) is 0 Å². The van der Waals surface area contributed by atoms with Gasteiger partial charge in [0, 0.05) is 0 Å². The fourth-order valence-corrected chi connectivity index (χ4v) is 10.7. The molecule has 0 amide bonds. The predicted molar refractivity (Wildman–Crippen MR) is 297 cm³/mol. The molecule has 0 aliphatic carbocycles. The first-order valence-electron chi connectivity index (χ1n) is 31.0. The first-order chi connectivity index (χ1) is 31.4. The maximum absolute atomic E-state index is 4.31. The highest BCUT2D eigenvalue weighted by Crippen LogP contribution is 2.20. The van der Waals surface area contributed by atoms with Crippen LogP contribution >= 0.6 is 12.6 Å². The molecule has 1 heteroatoms. The number of rotatable bonds is 60. The Bertz CT molecular complexity index is 671. The third-order valence-electron chi connectivity index (χ3n) is 15.0. The lowest BCUT2D eigenvalue weighted by atomic mass is 10.0. The molecule has 0 aromatic rings. The van der Waals surface area contributed by atoms with Gasteiger partial charge in [-0.15, -0.1) is 0 Å². The van der Waals surface area contributed by atoms with Gasteiger partial charge in [0.2, 0.25) is 0 Å². The van der Waals surface area contributed by atoms with Gasteiger partial charge in [-0.05, 0) is 12.2 Å². The van der Waals surface area contributed by atoms with Crippen LogP contribution in [0.2, 0.25) is 0 Å². The average Bonchev–Trinajstić information content (AvgIpc) is 3.29. The highest BCUT2D eigenvalue weighted by molar-refractivity contribution is 7.80. The molecule has 0 radical (unpaired) electrons. The topological polar surface area (TPSA) is 0 Å². The zero-order valence-electron chi connectivity index (χ0n) is 44.6. The van der Waals surface area contributed by atoms with Crippen molar-refractivity contribution < 1.29 is 0 Å². The predicted octanol–water partition coefficient (Wildman–Crippen LogP) is 24.3. The van der Waals surface area contributed by atoms with Crippen LogP contribution in [0, 0.1) is 0 Å². The van der Waals surface area contributed by atoms with Gasteiger partial charge in [0.05, 0.1) is 0 Å². The van der Waals surface area contributed by atoms with Crippen LogP contribution < -0.4 is 0 Å². The Hall–Kier alpha value is 0.350. The van der Waals surface area contributed by atoms with Crippen LogP contribution in [0.1, 0.15) is 392 Å². The standard InChI is InChI=1S/C62H126S/c1-2-3-4-5-6-7-8-9-10-11-12-13-14-15-16-17-18-19-20-21-22-23-24-25-26-27-28-29-30-31-32-33-34-35-36-37-38-39-40-41-42-43-44-45-46-47-48-49-50-51-52-53-54-55-56-57-58-59-60-61-62-63/h63H,2-62H2,1H3. The van der Waals surface area contributed by atoms with E-state index in [0.717, 1.165) is 5.75 Å².